The summed E-state index contributed by atoms with van der Waals surface area (Å²) in [4.78, 5) is 30.3. The first-order valence-electron chi connectivity index (χ1n) is 10.6. The normalized spacial score (nSPS) is 12.3. The second-order valence-corrected chi connectivity index (χ2v) is 8.80. The van der Waals surface area contributed by atoms with Crippen molar-refractivity contribution in [3.8, 4) is 11.5 Å². The van der Waals surface area contributed by atoms with Gasteiger partial charge in [-0.05, 0) is 18.6 Å². The maximum atomic E-state index is 13.1. The van der Waals surface area contributed by atoms with E-state index < -0.39 is 0 Å². The van der Waals surface area contributed by atoms with Gasteiger partial charge in [-0.25, -0.2) is 4.98 Å². The molecule has 32 heavy (non-hydrogen) atoms. The van der Waals surface area contributed by atoms with Crippen molar-refractivity contribution in [1.82, 2.24) is 9.55 Å². The smallest absolute Gasteiger partial charge is 0.262 e. The summed E-state index contributed by atoms with van der Waals surface area (Å²) >= 11 is 7.49. The van der Waals surface area contributed by atoms with E-state index in [0.717, 1.165) is 25.7 Å². The highest BCUT2D eigenvalue weighted by Crippen LogP contribution is 2.39. The number of ether oxygens (including phenoxy) is 2. The molecule has 4 rings (SSSR count). The molecule has 1 N–H and O–H groups in total. The van der Waals surface area contributed by atoms with Gasteiger partial charge in [0.05, 0.1) is 27.4 Å². The summed E-state index contributed by atoms with van der Waals surface area (Å²) in [5.74, 6) is 0.921. The number of fused-ring (bicyclic) bond motifs is 2. The third-order valence-electron chi connectivity index (χ3n) is 5.13. The molecule has 7 nitrogen and oxygen atoms in total. The van der Waals surface area contributed by atoms with Gasteiger partial charge in [-0.15, -0.1) is 0 Å². The van der Waals surface area contributed by atoms with Crippen LogP contribution in [0.1, 0.15) is 32.6 Å². The number of para-hydroxylation sites is 1. The van der Waals surface area contributed by atoms with Crippen LogP contribution in [-0.2, 0) is 11.3 Å². The first-order valence-corrected chi connectivity index (χ1v) is 11.9. The summed E-state index contributed by atoms with van der Waals surface area (Å²) in [6.45, 7) is 2.85. The molecule has 0 unspecified atom stereocenters. The molecule has 0 saturated carbocycles. The highest BCUT2D eigenvalue weighted by molar-refractivity contribution is 7.99. The van der Waals surface area contributed by atoms with Gasteiger partial charge in [-0.2, -0.15) is 0 Å². The molecule has 9 heteroatoms. The molecule has 2 aromatic carbocycles. The van der Waals surface area contributed by atoms with Crippen LogP contribution in [0, 0.1) is 0 Å². The number of nitrogens with zero attached hydrogens (tertiary/aromatic N) is 2. The van der Waals surface area contributed by atoms with Gasteiger partial charge >= 0.3 is 0 Å². The zero-order valence-corrected chi connectivity index (χ0v) is 19.3. The minimum atomic E-state index is -0.254. The number of halogens is 1. The summed E-state index contributed by atoms with van der Waals surface area (Å²) in [5, 5.41) is 4.29. The molecule has 0 fully saturated rings. The predicted molar refractivity (Wildman–Crippen MR) is 127 cm³/mol. The van der Waals surface area contributed by atoms with Crippen molar-refractivity contribution in [1.29, 1.82) is 0 Å². The number of thioether (sulfide) groups is 1. The lowest BCUT2D eigenvalue weighted by atomic mass is 10.2. The molecule has 168 valence electrons. The number of hydrogen-bond acceptors (Lipinski definition) is 6. The fourth-order valence-corrected chi connectivity index (χ4v) is 4.51. The number of amides is 1. The van der Waals surface area contributed by atoms with Crippen LogP contribution in [0.4, 0.5) is 5.69 Å². The number of benzene rings is 2. The Bertz CT molecular complexity index is 1200. The van der Waals surface area contributed by atoms with Crippen LogP contribution in [0.5, 0.6) is 11.5 Å². The largest absolute Gasteiger partial charge is 0.454 e. The number of carbonyl (C=O) groups excluding carboxylic acids is 1. The minimum absolute atomic E-state index is 0.0752. The lowest BCUT2D eigenvalue weighted by Gasteiger charge is -2.13. The van der Waals surface area contributed by atoms with Gasteiger partial charge in [-0.3, -0.25) is 14.2 Å². The second kappa shape index (κ2) is 10.3. The second-order valence-electron chi connectivity index (χ2n) is 7.45. The first-order chi connectivity index (χ1) is 15.6. The molecule has 3 aromatic rings. The number of carbonyl (C=O) groups is 1. The van der Waals surface area contributed by atoms with Crippen molar-refractivity contribution in [2.75, 3.05) is 17.9 Å². The summed E-state index contributed by atoms with van der Waals surface area (Å²) in [5.41, 5.74) is 1.00. The van der Waals surface area contributed by atoms with E-state index in [4.69, 9.17) is 21.1 Å². The summed E-state index contributed by atoms with van der Waals surface area (Å²) < 4.78 is 12.3. The third-order valence-corrected chi connectivity index (χ3v) is 6.42. The molecule has 0 bridgehead atoms. The van der Waals surface area contributed by atoms with E-state index >= 15 is 0 Å². The van der Waals surface area contributed by atoms with Crippen molar-refractivity contribution in [3.63, 3.8) is 0 Å². The van der Waals surface area contributed by atoms with E-state index in [9.17, 15) is 9.59 Å². The standard InChI is InChI=1S/C23H24ClN3O4S/c1-2-3-4-7-10-27-22(29)15-8-5-6-9-17(15)26-23(27)32-13-21(28)25-18-12-20-19(11-16(18)24)30-14-31-20/h5-6,8-9,11-12H,2-4,7,10,13-14H2,1H3,(H,25,28). The Balaban J connectivity index is 1.50. The Morgan fingerprint density at radius 3 is 2.78 bits per heavy atom. The van der Waals surface area contributed by atoms with Crippen LogP contribution in [0.3, 0.4) is 0 Å². The van der Waals surface area contributed by atoms with E-state index in [1.807, 2.05) is 18.2 Å². The van der Waals surface area contributed by atoms with Gasteiger partial charge in [0.15, 0.2) is 16.7 Å². The number of unbranched alkanes of at least 4 members (excludes halogenated alkanes) is 3. The Morgan fingerprint density at radius 1 is 1.19 bits per heavy atom. The fourth-order valence-electron chi connectivity index (χ4n) is 3.48. The lowest BCUT2D eigenvalue weighted by molar-refractivity contribution is -0.113. The fraction of sp³-hybridized carbons (Fsp3) is 0.348. The molecular weight excluding hydrogens is 450 g/mol. The van der Waals surface area contributed by atoms with Gasteiger partial charge in [0, 0.05) is 18.7 Å². The molecule has 0 radical (unpaired) electrons. The number of anilines is 1. The monoisotopic (exact) mass is 473 g/mol. The maximum absolute atomic E-state index is 13.1. The van der Waals surface area contributed by atoms with Gasteiger partial charge in [0.25, 0.3) is 5.56 Å². The van der Waals surface area contributed by atoms with Crippen LogP contribution >= 0.6 is 23.4 Å². The van der Waals surface area contributed by atoms with Crippen LogP contribution < -0.4 is 20.3 Å². The maximum Gasteiger partial charge on any atom is 0.262 e. The molecule has 0 atom stereocenters. The Hall–Kier alpha value is -2.71. The number of aromatic nitrogens is 2. The number of hydrogen-bond donors (Lipinski definition) is 1. The van der Waals surface area contributed by atoms with E-state index in [1.54, 1.807) is 22.8 Å². The van der Waals surface area contributed by atoms with Crippen molar-refractivity contribution in [3.05, 3.63) is 51.8 Å². The van der Waals surface area contributed by atoms with E-state index in [2.05, 4.69) is 17.2 Å². The van der Waals surface area contributed by atoms with Gasteiger partial charge in [0.1, 0.15) is 0 Å². The third kappa shape index (κ3) is 5.02. The number of rotatable bonds is 9. The lowest BCUT2D eigenvalue weighted by Crippen LogP contribution is -2.24. The molecule has 0 saturated heterocycles. The van der Waals surface area contributed by atoms with Gasteiger partial charge < -0.3 is 14.8 Å². The minimum Gasteiger partial charge on any atom is -0.454 e. The molecule has 1 amide bonds. The van der Waals surface area contributed by atoms with Crippen LogP contribution in [0.25, 0.3) is 10.9 Å². The van der Waals surface area contributed by atoms with Gasteiger partial charge in [-0.1, -0.05) is 61.7 Å². The van der Waals surface area contributed by atoms with Gasteiger partial charge in [0.2, 0.25) is 12.7 Å². The van der Waals surface area contributed by atoms with Crippen molar-refractivity contribution < 1.29 is 14.3 Å². The molecule has 0 spiro atoms. The molecular formula is C23H24ClN3O4S. The van der Waals surface area contributed by atoms with Crippen molar-refractivity contribution in [2.24, 2.45) is 0 Å². The highest BCUT2D eigenvalue weighted by atomic mass is 35.5. The molecule has 0 aliphatic carbocycles. The number of nitrogens with one attached hydrogen (secondary N) is 1. The topological polar surface area (TPSA) is 82.5 Å². The first kappa shape index (κ1) is 22.5. The molecule has 2 heterocycles. The van der Waals surface area contributed by atoms with Crippen LogP contribution in [0.15, 0.2) is 46.3 Å². The summed E-state index contributed by atoms with van der Waals surface area (Å²) in [6, 6.07) is 10.5. The summed E-state index contributed by atoms with van der Waals surface area (Å²) in [7, 11) is 0. The predicted octanol–water partition coefficient (Wildman–Crippen LogP) is 5.09. The van der Waals surface area contributed by atoms with E-state index in [-0.39, 0.29) is 24.0 Å². The van der Waals surface area contributed by atoms with Crippen LogP contribution in [-0.4, -0.2) is 28.0 Å². The quantitative estimate of drug-likeness (QED) is 0.265. The average Bonchev–Trinajstić information content (AvgIpc) is 3.24. The van der Waals surface area contributed by atoms with Crippen LogP contribution in [0.2, 0.25) is 5.02 Å². The average molecular weight is 474 g/mol. The van der Waals surface area contributed by atoms with Crippen molar-refractivity contribution >= 4 is 45.9 Å². The Labute approximate surface area is 195 Å². The molecule has 1 aromatic heterocycles. The van der Waals surface area contributed by atoms with Crippen molar-refractivity contribution in [2.45, 2.75) is 44.3 Å². The zero-order valence-electron chi connectivity index (χ0n) is 17.7. The molecule has 1 aliphatic rings. The Morgan fingerprint density at radius 2 is 1.97 bits per heavy atom. The van der Waals surface area contributed by atoms with E-state index in [0.29, 0.717) is 44.8 Å². The SMILES string of the molecule is CCCCCCn1c(SCC(=O)Nc2cc3c(cc2Cl)OCO3)nc2ccccc2c1=O. The molecule has 1 aliphatic heterocycles. The highest BCUT2D eigenvalue weighted by Gasteiger charge is 2.18. The summed E-state index contributed by atoms with van der Waals surface area (Å²) in [6.07, 6.45) is 4.18. The Kier molecular flexibility index (Phi) is 7.22. The van der Waals surface area contributed by atoms with E-state index in [1.165, 1.54) is 11.8 Å². The zero-order chi connectivity index (χ0) is 22.5.